The number of amides is 1. The lowest BCUT2D eigenvalue weighted by molar-refractivity contribution is -0.129. The van der Waals surface area contributed by atoms with Gasteiger partial charge in [0.15, 0.2) is 0 Å². The summed E-state index contributed by atoms with van der Waals surface area (Å²) in [6, 6.07) is 14.4. The molecule has 0 aliphatic carbocycles. The van der Waals surface area contributed by atoms with Gasteiger partial charge in [-0.3, -0.25) is 9.69 Å². The van der Waals surface area contributed by atoms with E-state index < -0.39 is 5.97 Å². The zero-order valence-electron chi connectivity index (χ0n) is 26.2. The zero-order chi connectivity index (χ0) is 32.2. The summed E-state index contributed by atoms with van der Waals surface area (Å²) >= 11 is 0. The van der Waals surface area contributed by atoms with Crippen LogP contribution in [0.3, 0.4) is 0 Å². The fourth-order valence-corrected chi connectivity index (χ4v) is 6.76. The number of piperazine rings is 1. The van der Waals surface area contributed by atoms with Crippen LogP contribution in [0.4, 0.5) is 5.82 Å². The molecule has 2 aromatic carbocycles. The van der Waals surface area contributed by atoms with E-state index in [0.29, 0.717) is 63.7 Å². The van der Waals surface area contributed by atoms with Gasteiger partial charge in [0.05, 0.1) is 24.2 Å². The molecule has 11 nitrogen and oxygen atoms in total. The van der Waals surface area contributed by atoms with Crippen molar-refractivity contribution in [2.75, 3.05) is 44.7 Å². The van der Waals surface area contributed by atoms with Crippen molar-refractivity contribution in [1.82, 2.24) is 24.7 Å². The normalized spacial score (nSPS) is 19.9. The van der Waals surface area contributed by atoms with Gasteiger partial charge in [-0.15, -0.1) is 0 Å². The zero-order valence-corrected chi connectivity index (χ0v) is 26.2. The third kappa shape index (κ3) is 6.45. The molecule has 1 aromatic heterocycles. The quantitative estimate of drug-likeness (QED) is 0.188. The second kappa shape index (κ2) is 13.7. The van der Waals surface area contributed by atoms with Gasteiger partial charge in [-0.05, 0) is 49.3 Å². The number of hydrogen-bond donors (Lipinski definition) is 0. The van der Waals surface area contributed by atoms with Crippen LogP contribution >= 0.6 is 0 Å². The molecule has 46 heavy (non-hydrogen) atoms. The van der Waals surface area contributed by atoms with Crippen molar-refractivity contribution in [2.24, 2.45) is 0 Å². The third-order valence-electron chi connectivity index (χ3n) is 9.21. The Morgan fingerprint density at radius 2 is 1.91 bits per heavy atom. The number of esters is 1. The molecule has 0 spiro atoms. The summed E-state index contributed by atoms with van der Waals surface area (Å²) in [5.41, 5.74) is 2.78. The molecule has 4 heterocycles. The SMILES string of the molecule is C=CC(=O)Oc1ccc2ccccc2c1CN1Cc2nc(OCC3CCCN3C)nc(N3CCN(C(=O)C=C)[C@@H](CC#N)C3)c2C1. The minimum absolute atomic E-state index is 0.174. The van der Waals surface area contributed by atoms with E-state index in [9.17, 15) is 14.9 Å². The Morgan fingerprint density at radius 1 is 1.07 bits per heavy atom. The van der Waals surface area contributed by atoms with Gasteiger partial charge >= 0.3 is 12.0 Å². The van der Waals surface area contributed by atoms with E-state index in [2.05, 4.69) is 41.0 Å². The summed E-state index contributed by atoms with van der Waals surface area (Å²) < 4.78 is 11.9. The minimum Gasteiger partial charge on any atom is -0.462 e. The van der Waals surface area contributed by atoms with Crippen molar-refractivity contribution >= 4 is 28.5 Å². The maximum atomic E-state index is 12.6. The van der Waals surface area contributed by atoms with Crippen LogP contribution in [-0.4, -0.2) is 88.5 Å². The van der Waals surface area contributed by atoms with Gasteiger partial charge in [-0.1, -0.05) is 43.5 Å². The second-order valence-corrected chi connectivity index (χ2v) is 12.1. The van der Waals surface area contributed by atoms with Crippen LogP contribution in [0.1, 0.15) is 36.1 Å². The molecule has 6 rings (SSSR count). The van der Waals surface area contributed by atoms with E-state index in [1.54, 1.807) is 4.90 Å². The van der Waals surface area contributed by atoms with Crippen LogP contribution in [0.2, 0.25) is 0 Å². The Morgan fingerprint density at radius 3 is 2.67 bits per heavy atom. The molecule has 2 saturated heterocycles. The first-order chi connectivity index (χ1) is 22.4. The molecule has 3 aliphatic rings. The highest BCUT2D eigenvalue weighted by molar-refractivity contribution is 5.90. The number of ether oxygens (including phenoxy) is 2. The largest absolute Gasteiger partial charge is 0.462 e. The molecule has 238 valence electrons. The predicted octanol–water partition coefficient (Wildman–Crippen LogP) is 3.83. The van der Waals surface area contributed by atoms with Crippen molar-refractivity contribution in [3.63, 3.8) is 0 Å². The van der Waals surface area contributed by atoms with E-state index in [-0.39, 0.29) is 18.4 Å². The number of aromatic nitrogens is 2. The van der Waals surface area contributed by atoms with Crippen molar-refractivity contribution in [3.05, 3.63) is 78.5 Å². The number of likely N-dealkylation sites (N-methyl/N-ethyl adjacent to an activating group) is 1. The maximum Gasteiger partial charge on any atom is 0.335 e. The van der Waals surface area contributed by atoms with Crippen LogP contribution in [0.15, 0.2) is 61.7 Å². The molecule has 0 saturated carbocycles. The molecular weight excluding hydrogens is 582 g/mol. The number of likely N-dealkylation sites (tertiary alicyclic amines) is 1. The van der Waals surface area contributed by atoms with Gasteiger partial charge in [0, 0.05) is 62.5 Å². The number of anilines is 1. The number of nitriles is 1. The fraction of sp³-hybridized carbons (Fsp3) is 0.400. The number of benzene rings is 2. The predicted molar refractivity (Wildman–Crippen MR) is 174 cm³/mol. The average Bonchev–Trinajstić information content (AvgIpc) is 3.68. The Hall–Kier alpha value is -4.79. The molecule has 1 amide bonds. The van der Waals surface area contributed by atoms with Crippen LogP contribution in [-0.2, 0) is 29.2 Å². The number of hydrogen-bond acceptors (Lipinski definition) is 10. The molecule has 0 radical (unpaired) electrons. The van der Waals surface area contributed by atoms with Gasteiger partial charge < -0.3 is 24.2 Å². The smallest absolute Gasteiger partial charge is 0.335 e. The highest BCUT2D eigenvalue weighted by Crippen LogP contribution is 2.36. The number of fused-ring (bicyclic) bond motifs is 2. The standard InChI is InChI=1S/C35H39N7O4/c1-4-32(43)42-18-17-41(19-25(42)14-15-36)34-29-21-40(22-30(29)37-35(38-34)45-23-26-10-8-16-39(26)3)20-28-27-11-7-6-9-24(27)12-13-31(28)46-33(44)5-2/h4-7,9,11-13,25-26H,1-2,8,10,14,16-23H2,3H3/t25-,26?/m0/s1. The van der Waals surface area contributed by atoms with Gasteiger partial charge in [0.25, 0.3) is 0 Å². The minimum atomic E-state index is -0.509. The first-order valence-electron chi connectivity index (χ1n) is 15.7. The van der Waals surface area contributed by atoms with Crippen LogP contribution in [0.25, 0.3) is 10.8 Å². The van der Waals surface area contributed by atoms with Crippen molar-refractivity contribution in [1.29, 1.82) is 5.26 Å². The van der Waals surface area contributed by atoms with Crippen LogP contribution in [0.5, 0.6) is 11.8 Å². The van der Waals surface area contributed by atoms with Gasteiger partial charge in [0.2, 0.25) is 5.91 Å². The number of carbonyl (C=O) groups excluding carboxylic acids is 2. The molecule has 3 aromatic rings. The Kier molecular flexibility index (Phi) is 9.28. The molecule has 3 aliphatic heterocycles. The summed E-state index contributed by atoms with van der Waals surface area (Å²) in [7, 11) is 2.11. The first-order valence-corrected chi connectivity index (χ1v) is 15.7. The number of carbonyl (C=O) groups is 2. The summed E-state index contributed by atoms with van der Waals surface area (Å²) in [5.74, 6) is 0.585. The van der Waals surface area contributed by atoms with Crippen molar-refractivity contribution < 1.29 is 19.1 Å². The second-order valence-electron chi connectivity index (χ2n) is 12.1. The molecule has 0 bridgehead atoms. The lowest BCUT2D eigenvalue weighted by atomic mass is 10.0. The molecular formula is C35H39N7O4. The summed E-state index contributed by atoms with van der Waals surface area (Å²) in [6.07, 6.45) is 4.89. The van der Waals surface area contributed by atoms with Crippen molar-refractivity contribution in [2.45, 2.75) is 51.0 Å². The molecule has 0 N–H and O–H groups in total. The Balaban J connectivity index is 1.31. The van der Waals surface area contributed by atoms with Gasteiger partial charge in [0.1, 0.15) is 18.2 Å². The van der Waals surface area contributed by atoms with Crippen LogP contribution in [0, 0.1) is 11.3 Å². The lowest BCUT2D eigenvalue weighted by Gasteiger charge is -2.41. The maximum absolute atomic E-state index is 12.6. The fourth-order valence-electron chi connectivity index (χ4n) is 6.76. The highest BCUT2D eigenvalue weighted by atomic mass is 16.5. The molecule has 1 unspecified atom stereocenters. The van der Waals surface area contributed by atoms with E-state index in [1.807, 2.05) is 36.4 Å². The van der Waals surface area contributed by atoms with Gasteiger partial charge in [-0.2, -0.15) is 15.2 Å². The molecule has 2 atom stereocenters. The summed E-state index contributed by atoms with van der Waals surface area (Å²) in [6.45, 7) is 11.9. The monoisotopic (exact) mass is 621 g/mol. The molecule has 11 heteroatoms. The average molecular weight is 622 g/mol. The van der Waals surface area contributed by atoms with E-state index in [0.717, 1.165) is 52.8 Å². The lowest BCUT2D eigenvalue weighted by Crippen LogP contribution is -2.55. The molecule has 2 fully saturated rings. The first kappa shape index (κ1) is 31.2. The van der Waals surface area contributed by atoms with E-state index in [4.69, 9.17) is 19.4 Å². The Labute approximate surface area is 269 Å². The number of nitrogens with zero attached hydrogens (tertiary/aromatic N) is 7. The van der Waals surface area contributed by atoms with Crippen LogP contribution < -0.4 is 14.4 Å². The van der Waals surface area contributed by atoms with Crippen molar-refractivity contribution in [3.8, 4) is 17.8 Å². The summed E-state index contributed by atoms with van der Waals surface area (Å²) in [5, 5.41) is 11.6. The van der Waals surface area contributed by atoms with E-state index in [1.165, 1.54) is 12.2 Å². The topological polar surface area (TPSA) is 115 Å². The summed E-state index contributed by atoms with van der Waals surface area (Å²) in [4.78, 5) is 43.1. The Bertz CT molecular complexity index is 1700. The third-order valence-corrected chi connectivity index (χ3v) is 9.21. The van der Waals surface area contributed by atoms with Gasteiger partial charge in [-0.25, -0.2) is 4.79 Å². The highest BCUT2D eigenvalue weighted by Gasteiger charge is 2.35. The van der Waals surface area contributed by atoms with E-state index >= 15 is 0 Å². The number of rotatable bonds is 10.